The summed E-state index contributed by atoms with van der Waals surface area (Å²) in [5.74, 6) is -0.664. The van der Waals surface area contributed by atoms with E-state index in [0.29, 0.717) is 11.3 Å². The summed E-state index contributed by atoms with van der Waals surface area (Å²) in [4.78, 5) is 11.3. The molecule has 1 rings (SSSR count). The maximum absolute atomic E-state index is 11.9. The molecule has 0 fully saturated rings. The summed E-state index contributed by atoms with van der Waals surface area (Å²) in [6, 6.07) is 6.74. The quantitative estimate of drug-likeness (QED) is 0.857. The molecule has 0 aliphatic carbocycles. The zero-order chi connectivity index (χ0) is 12.9. The minimum Gasteiger partial charge on any atom is -0.326 e. The number of para-hydroxylation sites is 1. The minimum absolute atomic E-state index is 0.218. The van der Waals surface area contributed by atoms with Crippen molar-refractivity contribution in [3.05, 3.63) is 29.8 Å². The molecule has 94 valence electrons. The number of carbonyl (C=O) groups is 1. The maximum atomic E-state index is 11.9. The van der Waals surface area contributed by atoms with Crippen molar-refractivity contribution >= 4 is 11.6 Å². The SMILES string of the molecule is NCc1ccccc1NC(=O)CCC(F)(F)F. The number of hydrogen-bond donors (Lipinski definition) is 2. The van der Waals surface area contributed by atoms with E-state index in [1.54, 1.807) is 24.3 Å². The van der Waals surface area contributed by atoms with E-state index in [9.17, 15) is 18.0 Å². The summed E-state index contributed by atoms with van der Waals surface area (Å²) >= 11 is 0. The fourth-order valence-electron chi connectivity index (χ4n) is 1.29. The predicted octanol–water partition coefficient (Wildman–Crippen LogP) is 2.43. The van der Waals surface area contributed by atoms with E-state index in [1.807, 2.05) is 0 Å². The highest BCUT2D eigenvalue weighted by atomic mass is 19.4. The van der Waals surface area contributed by atoms with Crippen molar-refractivity contribution in [3.63, 3.8) is 0 Å². The lowest BCUT2D eigenvalue weighted by molar-refractivity contribution is -0.142. The highest BCUT2D eigenvalue weighted by Crippen LogP contribution is 2.22. The predicted molar refractivity (Wildman–Crippen MR) is 58.3 cm³/mol. The first-order valence-electron chi connectivity index (χ1n) is 5.07. The van der Waals surface area contributed by atoms with Crippen LogP contribution < -0.4 is 11.1 Å². The molecule has 0 atom stereocenters. The molecule has 0 heterocycles. The van der Waals surface area contributed by atoms with Crippen LogP contribution in [0.5, 0.6) is 0 Å². The molecule has 0 unspecified atom stereocenters. The molecule has 0 aliphatic heterocycles. The Labute approximate surface area is 96.8 Å². The number of benzene rings is 1. The summed E-state index contributed by atoms with van der Waals surface area (Å²) in [5, 5.41) is 2.42. The molecule has 17 heavy (non-hydrogen) atoms. The Kier molecular flexibility index (Phi) is 4.51. The van der Waals surface area contributed by atoms with Crippen molar-refractivity contribution in [2.45, 2.75) is 25.6 Å². The van der Waals surface area contributed by atoms with E-state index in [1.165, 1.54) is 0 Å². The molecule has 1 amide bonds. The number of rotatable bonds is 4. The third-order valence-electron chi connectivity index (χ3n) is 2.15. The average molecular weight is 246 g/mol. The van der Waals surface area contributed by atoms with Gasteiger partial charge in [0.2, 0.25) is 5.91 Å². The lowest BCUT2D eigenvalue weighted by Gasteiger charge is -2.10. The van der Waals surface area contributed by atoms with Crippen molar-refractivity contribution in [1.29, 1.82) is 0 Å². The van der Waals surface area contributed by atoms with Crippen LogP contribution in [0.1, 0.15) is 18.4 Å². The van der Waals surface area contributed by atoms with Gasteiger partial charge in [-0.1, -0.05) is 18.2 Å². The van der Waals surface area contributed by atoms with Gasteiger partial charge in [-0.15, -0.1) is 0 Å². The number of carbonyl (C=O) groups excluding carboxylic acids is 1. The van der Waals surface area contributed by atoms with Gasteiger partial charge in [0.25, 0.3) is 0 Å². The zero-order valence-electron chi connectivity index (χ0n) is 9.05. The number of nitrogens with one attached hydrogen (secondary N) is 1. The van der Waals surface area contributed by atoms with Crippen molar-refractivity contribution in [1.82, 2.24) is 0 Å². The Hall–Kier alpha value is -1.56. The van der Waals surface area contributed by atoms with Crippen molar-refractivity contribution in [2.75, 3.05) is 5.32 Å². The van der Waals surface area contributed by atoms with Crippen molar-refractivity contribution in [3.8, 4) is 0 Å². The molecule has 0 spiro atoms. The van der Waals surface area contributed by atoms with Gasteiger partial charge in [0.1, 0.15) is 0 Å². The van der Waals surface area contributed by atoms with Crippen LogP contribution in [0, 0.1) is 0 Å². The Morgan fingerprint density at radius 3 is 2.53 bits per heavy atom. The van der Waals surface area contributed by atoms with E-state index in [4.69, 9.17) is 5.73 Å². The van der Waals surface area contributed by atoms with Crippen LogP contribution in [0.2, 0.25) is 0 Å². The third-order valence-corrected chi connectivity index (χ3v) is 2.15. The molecule has 0 bridgehead atoms. The molecule has 0 aliphatic rings. The third kappa shape index (κ3) is 4.86. The van der Waals surface area contributed by atoms with Gasteiger partial charge in [0.05, 0.1) is 6.42 Å². The van der Waals surface area contributed by atoms with Gasteiger partial charge in [-0.3, -0.25) is 4.79 Å². The second-order valence-electron chi connectivity index (χ2n) is 3.52. The molecule has 1 aromatic rings. The van der Waals surface area contributed by atoms with Gasteiger partial charge in [-0.05, 0) is 11.6 Å². The second kappa shape index (κ2) is 5.67. The fraction of sp³-hybridized carbons (Fsp3) is 0.364. The van der Waals surface area contributed by atoms with Crippen LogP contribution >= 0.6 is 0 Å². The van der Waals surface area contributed by atoms with E-state index < -0.39 is 24.9 Å². The molecule has 0 saturated carbocycles. The summed E-state index contributed by atoms with van der Waals surface area (Å²) in [6.07, 6.45) is -6.02. The largest absolute Gasteiger partial charge is 0.389 e. The zero-order valence-corrected chi connectivity index (χ0v) is 9.05. The first-order valence-corrected chi connectivity index (χ1v) is 5.07. The standard InChI is InChI=1S/C11H13F3N2O/c12-11(13,14)6-5-10(17)16-9-4-2-1-3-8(9)7-15/h1-4H,5-7,15H2,(H,16,17). The van der Waals surface area contributed by atoms with Gasteiger partial charge >= 0.3 is 6.18 Å². The second-order valence-corrected chi connectivity index (χ2v) is 3.52. The number of halogens is 3. The molecular formula is C11H13F3N2O. The maximum Gasteiger partial charge on any atom is 0.389 e. The molecule has 3 nitrogen and oxygen atoms in total. The summed E-state index contributed by atoms with van der Waals surface area (Å²) < 4.78 is 35.7. The molecule has 3 N–H and O–H groups in total. The smallest absolute Gasteiger partial charge is 0.326 e. The highest BCUT2D eigenvalue weighted by molar-refractivity contribution is 5.91. The average Bonchev–Trinajstić information content (AvgIpc) is 2.26. The number of nitrogens with two attached hydrogens (primary N) is 1. The monoisotopic (exact) mass is 246 g/mol. The summed E-state index contributed by atoms with van der Waals surface area (Å²) in [5.41, 5.74) is 6.59. The molecule has 6 heteroatoms. The van der Waals surface area contributed by atoms with Crippen molar-refractivity contribution < 1.29 is 18.0 Å². The topological polar surface area (TPSA) is 55.1 Å². The molecule has 1 aromatic carbocycles. The molecule has 0 saturated heterocycles. The minimum atomic E-state index is -4.31. The first-order chi connectivity index (χ1) is 7.92. The van der Waals surface area contributed by atoms with Crippen LogP contribution in [-0.4, -0.2) is 12.1 Å². The van der Waals surface area contributed by atoms with E-state index >= 15 is 0 Å². The van der Waals surface area contributed by atoms with Crippen LogP contribution in [0.25, 0.3) is 0 Å². The Balaban J connectivity index is 2.56. The number of hydrogen-bond acceptors (Lipinski definition) is 2. The number of amides is 1. The summed E-state index contributed by atoms with van der Waals surface area (Å²) in [7, 11) is 0. The van der Waals surface area contributed by atoms with Crippen LogP contribution in [0.3, 0.4) is 0 Å². The lowest BCUT2D eigenvalue weighted by Crippen LogP contribution is -2.17. The lowest BCUT2D eigenvalue weighted by atomic mass is 10.1. The van der Waals surface area contributed by atoms with E-state index in [0.717, 1.165) is 0 Å². The molecular weight excluding hydrogens is 233 g/mol. The van der Waals surface area contributed by atoms with Crippen LogP contribution in [0.4, 0.5) is 18.9 Å². The Bertz CT molecular complexity index is 391. The van der Waals surface area contributed by atoms with Crippen molar-refractivity contribution in [2.24, 2.45) is 5.73 Å². The number of alkyl halides is 3. The molecule has 0 aromatic heterocycles. The Morgan fingerprint density at radius 2 is 1.94 bits per heavy atom. The molecule has 0 radical (unpaired) electrons. The van der Waals surface area contributed by atoms with Crippen LogP contribution in [-0.2, 0) is 11.3 Å². The Morgan fingerprint density at radius 1 is 1.29 bits per heavy atom. The highest BCUT2D eigenvalue weighted by Gasteiger charge is 2.27. The van der Waals surface area contributed by atoms with E-state index in [-0.39, 0.29) is 6.54 Å². The normalized spacial score (nSPS) is 11.3. The van der Waals surface area contributed by atoms with Gasteiger partial charge in [0, 0.05) is 18.7 Å². The van der Waals surface area contributed by atoms with Gasteiger partial charge in [-0.2, -0.15) is 13.2 Å². The van der Waals surface area contributed by atoms with Gasteiger partial charge in [0.15, 0.2) is 0 Å². The van der Waals surface area contributed by atoms with Gasteiger partial charge < -0.3 is 11.1 Å². The van der Waals surface area contributed by atoms with E-state index in [2.05, 4.69) is 5.32 Å². The number of anilines is 1. The van der Waals surface area contributed by atoms with Crippen LogP contribution in [0.15, 0.2) is 24.3 Å². The van der Waals surface area contributed by atoms with Gasteiger partial charge in [-0.25, -0.2) is 0 Å². The fourth-order valence-corrected chi connectivity index (χ4v) is 1.29. The summed E-state index contributed by atoms with van der Waals surface area (Å²) in [6.45, 7) is 0.218. The first kappa shape index (κ1) is 13.5.